The van der Waals surface area contributed by atoms with Crippen LogP contribution in [0.1, 0.15) is 37.3 Å². The number of rotatable bonds is 4. The number of pyridine rings is 2. The number of hydrogen-bond acceptors (Lipinski definition) is 6. The molecule has 3 aromatic heterocycles. The normalized spacial score (nSPS) is 19.6. The monoisotopic (exact) mass is 418 g/mol. The molecule has 2 fully saturated rings. The lowest BCUT2D eigenvalue weighted by molar-refractivity contribution is 0.108. The Labute approximate surface area is 181 Å². The first-order chi connectivity index (χ1) is 15.3. The summed E-state index contributed by atoms with van der Waals surface area (Å²) in [5, 5.41) is 4.02. The second-order valence-electron chi connectivity index (χ2n) is 8.22. The summed E-state index contributed by atoms with van der Waals surface area (Å²) >= 11 is 0. The SMILES string of the molecule is O=C(NCC1CCCO1)N1CCC(c2ccc3cc(-c4cncnc4)cnc3n2)CC1. The van der Waals surface area contributed by atoms with E-state index in [-0.39, 0.29) is 12.1 Å². The average molecular weight is 419 g/mol. The van der Waals surface area contributed by atoms with Gasteiger partial charge in [0, 0.05) is 73.0 Å². The van der Waals surface area contributed by atoms with Crippen molar-refractivity contribution in [1.82, 2.24) is 30.2 Å². The van der Waals surface area contributed by atoms with E-state index in [9.17, 15) is 4.79 Å². The molecule has 1 N–H and O–H groups in total. The van der Waals surface area contributed by atoms with Crippen molar-refractivity contribution in [2.24, 2.45) is 0 Å². The number of urea groups is 1. The van der Waals surface area contributed by atoms with E-state index in [1.807, 2.05) is 11.1 Å². The van der Waals surface area contributed by atoms with Crippen LogP contribution in [0, 0.1) is 0 Å². The third-order valence-electron chi connectivity index (χ3n) is 6.16. The molecule has 5 rings (SSSR count). The van der Waals surface area contributed by atoms with Crippen LogP contribution in [0.5, 0.6) is 0 Å². The van der Waals surface area contributed by atoms with Crippen molar-refractivity contribution < 1.29 is 9.53 Å². The zero-order valence-corrected chi connectivity index (χ0v) is 17.4. The van der Waals surface area contributed by atoms with E-state index in [1.54, 1.807) is 12.4 Å². The van der Waals surface area contributed by atoms with Crippen molar-refractivity contribution in [2.75, 3.05) is 26.2 Å². The van der Waals surface area contributed by atoms with Gasteiger partial charge in [-0.15, -0.1) is 0 Å². The number of carbonyl (C=O) groups is 1. The summed E-state index contributed by atoms with van der Waals surface area (Å²) in [4.78, 5) is 31.9. The lowest BCUT2D eigenvalue weighted by Crippen LogP contribution is -2.46. The highest BCUT2D eigenvalue weighted by Gasteiger charge is 2.25. The Hall–Kier alpha value is -3.13. The summed E-state index contributed by atoms with van der Waals surface area (Å²) in [6, 6.07) is 6.25. The molecule has 3 aromatic rings. The van der Waals surface area contributed by atoms with Gasteiger partial charge in [-0.25, -0.2) is 24.7 Å². The standard InChI is InChI=1S/C23H26N6O2/c30-23(27-14-20-2-1-9-31-20)29-7-5-16(6-8-29)21-4-3-17-10-18(13-26-22(17)28-21)19-11-24-15-25-12-19/h3-4,10-13,15-16,20H,1-2,5-9,14H2,(H,27,30). The van der Waals surface area contributed by atoms with Crippen LogP contribution in [0.15, 0.2) is 43.1 Å². The first kappa shape index (κ1) is 19.8. The number of carbonyl (C=O) groups excluding carboxylic acids is 1. The number of ether oxygens (including phenoxy) is 1. The molecule has 0 radical (unpaired) electrons. The van der Waals surface area contributed by atoms with Crippen LogP contribution in [0.2, 0.25) is 0 Å². The van der Waals surface area contributed by atoms with Crippen molar-refractivity contribution in [2.45, 2.75) is 37.7 Å². The maximum Gasteiger partial charge on any atom is 0.317 e. The largest absolute Gasteiger partial charge is 0.376 e. The number of nitrogens with one attached hydrogen (secondary N) is 1. The first-order valence-corrected chi connectivity index (χ1v) is 10.9. The van der Waals surface area contributed by atoms with Crippen molar-refractivity contribution in [3.63, 3.8) is 0 Å². The van der Waals surface area contributed by atoms with Gasteiger partial charge in [-0.2, -0.15) is 0 Å². The van der Waals surface area contributed by atoms with E-state index in [0.29, 0.717) is 12.5 Å². The molecule has 0 bridgehead atoms. The fraction of sp³-hybridized carbons (Fsp3) is 0.435. The minimum atomic E-state index is 0.0134. The molecule has 2 saturated heterocycles. The van der Waals surface area contributed by atoms with E-state index in [4.69, 9.17) is 9.72 Å². The molecule has 2 aliphatic heterocycles. The van der Waals surface area contributed by atoms with Crippen LogP contribution in [-0.4, -0.2) is 63.2 Å². The molecule has 31 heavy (non-hydrogen) atoms. The molecule has 0 spiro atoms. The molecule has 1 unspecified atom stereocenters. The van der Waals surface area contributed by atoms with Gasteiger partial charge in [0.15, 0.2) is 5.65 Å². The summed E-state index contributed by atoms with van der Waals surface area (Å²) in [6.07, 6.45) is 11.0. The molecule has 0 saturated carbocycles. The minimum absolute atomic E-state index is 0.0134. The summed E-state index contributed by atoms with van der Waals surface area (Å²) in [6.45, 7) is 2.89. The number of amides is 2. The minimum Gasteiger partial charge on any atom is -0.376 e. The van der Waals surface area contributed by atoms with Gasteiger partial charge < -0.3 is 15.0 Å². The Balaban J connectivity index is 1.21. The van der Waals surface area contributed by atoms with Crippen molar-refractivity contribution in [1.29, 1.82) is 0 Å². The zero-order chi connectivity index (χ0) is 21.0. The Kier molecular flexibility index (Phi) is 5.71. The van der Waals surface area contributed by atoms with Gasteiger partial charge in [0.25, 0.3) is 0 Å². The van der Waals surface area contributed by atoms with Crippen LogP contribution >= 0.6 is 0 Å². The van der Waals surface area contributed by atoms with Gasteiger partial charge in [-0.3, -0.25) is 0 Å². The molecule has 160 valence electrons. The third kappa shape index (κ3) is 4.49. The van der Waals surface area contributed by atoms with Crippen molar-refractivity contribution in [3.8, 4) is 11.1 Å². The average Bonchev–Trinajstić information content (AvgIpc) is 3.36. The first-order valence-electron chi connectivity index (χ1n) is 10.9. The van der Waals surface area contributed by atoms with Gasteiger partial charge in [0.05, 0.1) is 6.10 Å². The molecule has 0 aliphatic carbocycles. The van der Waals surface area contributed by atoms with Crippen LogP contribution in [-0.2, 0) is 4.74 Å². The number of piperidine rings is 1. The fourth-order valence-electron chi connectivity index (χ4n) is 4.36. The second-order valence-corrected chi connectivity index (χ2v) is 8.22. The van der Waals surface area contributed by atoms with E-state index in [2.05, 4.69) is 38.5 Å². The Bertz CT molecular complexity index is 1050. The van der Waals surface area contributed by atoms with Gasteiger partial charge in [0.1, 0.15) is 6.33 Å². The number of fused-ring (bicyclic) bond motifs is 1. The van der Waals surface area contributed by atoms with Gasteiger partial charge in [-0.1, -0.05) is 0 Å². The lowest BCUT2D eigenvalue weighted by Gasteiger charge is -2.32. The predicted octanol–water partition coefficient (Wildman–Crippen LogP) is 3.15. The lowest BCUT2D eigenvalue weighted by atomic mass is 9.93. The summed E-state index contributed by atoms with van der Waals surface area (Å²) in [5.41, 5.74) is 3.71. The Morgan fingerprint density at radius 1 is 1.10 bits per heavy atom. The number of nitrogens with zero attached hydrogens (tertiary/aromatic N) is 5. The number of hydrogen-bond donors (Lipinski definition) is 1. The Morgan fingerprint density at radius 2 is 1.94 bits per heavy atom. The van der Waals surface area contributed by atoms with Gasteiger partial charge in [-0.05, 0) is 43.9 Å². The highest BCUT2D eigenvalue weighted by atomic mass is 16.5. The van der Waals surface area contributed by atoms with Crippen molar-refractivity contribution in [3.05, 3.63) is 48.8 Å². The summed E-state index contributed by atoms with van der Waals surface area (Å²) < 4.78 is 5.58. The highest BCUT2D eigenvalue weighted by Crippen LogP contribution is 2.29. The zero-order valence-electron chi connectivity index (χ0n) is 17.4. The number of aromatic nitrogens is 4. The summed E-state index contributed by atoms with van der Waals surface area (Å²) in [7, 11) is 0. The van der Waals surface area contributed by atoms with E-state index in [1.165, 1.54) is 6.33 Å². The van der Waals surface area contributed by atoms with Gasteiger partial charge in [0.2, 0.25) is 0 Å². The van der Waals surface area contributed by atoms with Crippen LogP contribution in [0.25, 0.3) is 22.2 Å². The Morgan fingerprint density at radius 3 is 2.71 bits per heavy atom. The fourth-order valence-corrected chi connectivity index (χ4v) is 4.36. The highest BCUT2D eigenvalue weighted by molar-refractivity contribution is 5.80. The van der Waals surface area contributed by atoms with E-state index >= 15 is 0 Å². The molecule has 5 heterocycles. The van der Waals surface area contributed by atoms with Crippen LogP contribution < -0.4 is 5.32 Å². The molecule has 8 heteroatoms. The molecule has 2 amide bonds. The van der Waals surface area contributed by atoms with Crippen molar-refractivity contribution >= 4 is 17.1 Å². The third-order valence-corrected chi connectivity index (χ3v) is 6.16. The topological polar surface area (TPSA) is 93.1 Å². The maximum atomic E-state index is 12.4. The smallest absolute Gasteiger partial charge is 0.317 e. The number of likely N-dealkylation sites (tertiary alicyclic amines) is 1. The molecular formula is C23H26N6O2. The molecule has 1 atom stereocenters. The molecule has 2 aliphatic rings. The quantitative estimate of drug-likeness (QED) is 0.700. The second kappa shape index (κ2) is 8.93. The van der Waals surface area contributed by atoms with E-state index < -0.39 is 0 Å². The predicted molar refractivity (Wildman–Crippen MR) is 116 cm³/mol. The van der Waals surface area contributed by atoms with Crippen LogP contribution in [0.4, 0.5) is 4.79 Å². The molecule has 0 aromatic carbocycles. The van der Waals surface area contributed by atoms with Gasteiger partial charge >= 0.3 is 6.03 Å². The molecule has 8 nitrogen and oxygen atoms in total. The molecular weight excluding hydrogens is 392 g/mol. The maximum absolute atomic E-state index is 12.4. The van der Waals surface area contributed by atoms with E-state index in [0.717, 1.165) is 73.2 Å². The van der Waals surface area contributed by atoms with Crippen LogP contribution in [0.3, 0.4) is 0 Å². The summed E-state index contributed by atoms with van der Waals surface area (Å²) in [5.74, 6) is 0.343.